The molecule has 1 heterocycles. The molecule has 0 unspecified atom stereocenters. The number of anilines is 1. The lowest BCUT2D eigenvalue weighted by Crippen LogP contribution is -1.98. The fourth-order valence-corrected chi connectivity index (χ4v) is 2.76. The van der Waals surface area contributed by atoms with E-state index in [0.29, 0.717) is 0 Å². The number of aromatic nitrogens is 1. The van der Waals surface area contributed by atoms with E-state index in [9.17, 15) is 0 Å². The molecular weight excluding hydrogens is 336 g/mol. The molecule has 3 aromatic rings. The van der Waals surface area contributed by atoms with Crippen LogP contribution >= 0.6 is 27.5 Å². The van der Waals surface area contributed by atoms with Gasteiger partial charge in [0.05, 0.1) is 0 Å². The zero-order valence-electron chi connectivity index (χ0n) is 11.0. The van der Waals surface area contributed by atoms with E-state index in [1.807, 2.05) is 18.3 Å². The van der Waals surface area contributed by atoms with E-state index >= 15 is 0 Å². The number of rotatable bonds is 3. The third kappa shape index (κ3) is 2.69. The topological polar surface area (TPSA) is 27.8 Å². The van der Waals surface area contributed by atoms with Crippen molar-refractivity contribution < 1.29 is 0 Å². The molecule has 0 aliphatic heterocycles. The van der Waals surface area contributed by atoms with Crippen LogP contribution in [0.25, 0.3) is 10.9 Å². The SMILES string of the molecule is Cc1ccc(NCc2c[nH]c3cc(Cl)ccc23)cc1Br. The lowest BCUT2D eigenvalue weighted by Gasteiger charge is -2.07. The number of aromatic amines is 1. The minimum absolute atomic E-state index is 0.751. The molecule has 2 N–H and O–H groups in total. The van der Waals surface area contributed by atoms with Gasteiger partial charge >= 0.3 is 0 Å². The van der Waals surface area contributed by atoms with Gasteiger partial charge in [-0.1, -0.05) is 39.7 Å². The highest BCUT2D eigenvalue weighted by Gasteiger charge is 2.04. The van der Waals surface area contributed by atoms with E-state index in [-0.39, 0.29) is 0 Å². The Kier molecular flexibility index (Phi) is 3.72. The van der Waals surface area contributed by atoms with Gasteiger partial charge in [0, 0.05) is 38.8 Å². The van der Waals surface area contributed by atoms with Crippen molar-refractivity contribution in [3.8, 4) is 0 Å². The van der Waals surface area contributed by atoms with Crippen LogP contribution in [-0.4, -0.2) is 4.98 Å². The second kappa shape index (κ2) is 5.51. The molecule has 0 saturated heterocycles. The van der Waals surface area contributed by atoms with E-state index in [0.717, 1.165) is 27.2 Å². The Morgan fingerprint density at radius 2 is 2.05 bits per heavy atom. The first-order valence-electron chi connectivity index (χ1n) is 6.39. The van der Waals surface area contributed by atoms with Crippen molar-refractivity contribution in [3.05, 3.63) is 63.2 Å². The number of benzene rings is 2. The summed E-state index contributed by atoms with van der Waals surface area (Å²) in [5, 5.41) is 5.39. The highest BCUT2D eigenvalue weighted by Crippen LogP contribution is 2.24. The molecule has 0 fully saturated rings. The predicted molar refractivity (Wildman–Crippen MR) is 89.5 cm³/mol. The summed E-state index contributed by atoms with van der Waals surface area (Å²) >= 11 is 9.54. The Morgan fingerprint density at radius 1 is 1.20 bits per heavy atom. The van der Waals surface area contributed by atoms with Gasteiger partial charge in [-0.25, -0.2) is 0 Å². The fourth-order valence-electron chi connectivity index (χ4n) is 2.20. The zero-order valence-corrected chi connectivity index (χ0v) is 13.3. The van der Waals surface area contributed by atoms with Crippen molar-refractivity contribution in [3.63, 3.8) is 0 Å². The Labute approximate surface area is 131 Å². The maximum atomic E-state index is 5.99. The quantitative estimate of drug-likeness (QED) is 0.641. The minimum atomic E-state index is 0.751. The first kappa shape index (κ1) is 13.5. The van der Waals surface area contributed by atoms with E-state index in [1.54, 1.807) is 0 Å². The van der Waals surface area contributed by atoms with Gasteiger partial charge in [-0.05, 0) is 42.3 Å². The molecule has 0 atom stereocenters. The Balaban J connectivity index is 1.81. The summed E-state index contributed by atoms with van der Waals surface area (Å²) in [6.45, 7) is 2.86. The van der Waals surface area contributed by atoms with Crippen molar-refractivity contribution in [1.82, 2.24) is 4.98 Å². The van der Waals surface area contributed by atoms with Crippen molar-refractivity contribution in [2.75, 3.05) is 5.32 Å². The van der Waals surface area contributed by atoms with Crippen LogP contribution in [0.2, 0.25) is 5.02 Å². The van der Waals surface area contributed by atoms with Crippen LogP contribution in [0.15, 0.2) is 47.1 Å². The van der Waals surface area contributed by atoms with E-state index < -0.39 is 0 Å². The number of aryl methyl sites for hydroxylation is 1. The smallest absolute Gasteiger partial charge is 0.0472 e. The summed E-state index contributed by atoms with van der Waals surface area (Å²) in [5.74, 6) is 0. The van der Waals surface area contributed by atoms with Gasteiger partial charge in [0.15, 0.2) is 0 Å². The summed E-state index contributed by atoms with van der Waals surface area (Å²) < 4.78 is 1.12. The summed E-state index contributed by atoms with van der Waals surface area (Å²) in [6.07, 6.45) is 2.03. The molecule has 0 bridgehead atoms. The molecule has 1 aromatic heterocycles. The first-order chi connectivity index (χ1) is 9.63. The summed E-state index contributed by atoms with van der Waals surface area (Å²) in [4.78, 5) is 3.25. The first-order valence-corrected chi connectivity index (χ1v) is 7.56. The molecule has 0 saturated carbocycles. The normalized spacial score (nSPS) is 10.9. The summed E-state index contributed by atoms with van der Waals surface area (Å²) in [5.41, 5.74) is 4.64. The van der Waals surface area contributed by atoms with Gasteiger partial charge in [-0.2, -0.15) is 0 Å². The van der Waals surface area contributed by atoms with E-state index in [1.165, 1.54) is 16.5 Å². The van der Waals surface area contributed by atoms with Gasteiger partial charge in [0.1, 0.15) is 0 Å². The van der Waals surface area contributed by atoms with Gasteiger partial charge in [0.2, 0.25) is 0 Å². The van der Waals surface area contributed by atoms with E-state index in [2.05, 4.69) is 57.4 Å². The summed E-state index contributed by atoms with van der Waals surface area (Å²) in [6, 6.07) is 12.2. The average Bonchev–Trinajstić information content (AvgIpc) is 2.82. The van der Waals surface area contributed by atoms with E-state index in [4.69, 9.17) is 11.6 Å². The molecule has 4 heteroatoms. The van der Waals surface area contributed by atoms with Crippen molar-refractivity contribution >= 4 is 44.1 Å². The molecule has 20 heavy (non-hydrogen) atoms. The highest BCUT2D eigenvalue weighted by molar-refractivity contribution is 9.10. The van der Waals surface area contributed by atoms with Gasteiger partial charge < -0.3 is 10.3 Å². The zero-order chi connectivity index (χ0) is 14.1. The Bertz CT molecular complexity index is 764. The predicted octanol–water partition coefficient (Wildman–Crippen LogP) is 5.50. The number of hydrogen-bond acceptors (Lipinski definition) is 1. The molecule has 3 rings (SSSR count). The number of nitrogens with one attached hydrogen (secondary N) is 2. The molecule has 2 nitrogen and oxygen atoms in total. The van der Waals surface area contributed by atoms with Crippen LogP contribution in [0.3, 0.4) is 0 Å². The Morgan fingerprint density at radius 3 is 2.85 bits per heavy atom. The lowest BCUT2D eigenvalue weighted by atomic mass is 10.1. The largest absolute Gasteiger partial charge is 0.381 e. The number of halogens is 2. The monoisotopic (exact) mass is 348 g/mol. The molecule has 2 aromatic carbocycles. The summed E-state index contributed by atoms with van der Waals surface area (Å²) in [7, 11) is 0. The minimum Gasteiger partial charge on any atom is -0.381 e. The van der Waals surface area contributed by atoms with Gasteiger partial charge in [0.25, 0.3) is 0 Å². The molecule has 0 radical (unpaired) electrons. The lowest BCUT2D eigenvalue weighted by molar-refractivity contribution is 1.16. The molecule has 0 aliphatic rings. The van der Waals surface area contributed by atoms with Crippen LogP contribution in [0.5, 0.6) is 0 Å². The maximum Gasteiger partial charge on any atom is 0.0472 e. The molecule has 0 aliphatic carbocycles. The van der Waals surface area contributed by atoms with Crippen LogP contribution in [0.4, 0.5) is 5.69 Å². The standard InChI is InChI=1S/C16H14BrClN2/c1-10-2-4-13(7-15(10)17)19-8-11-9-20-16-6-12(18)3-5-14(11)16/h2-7,9,19-20H,8H2,1H3. The van der Waals surface area contributed by atoms with Crippen LogP contribution in [0, 0.1) is 6.92 Å². The third-order valence-electron chi connectivity index (χ3n) is 3.38. The second-order valence-electron chi connectivity index (χ2n) is 4.82. The fraction of sp³-hybridized carbons (Fsp3) is 0.125. The second-order valence-corrected chi connectivity index (χ2v) is 6.11. The molecule has 0 amide bonds. The average molecular weight is 350 g/mol. The Hall–Kier alpha value is -1.45. The third-order valence-corrected chi connectivity index (χ3v) is 4.47. The number of H-pyrrole nitrogens is 1. The van der Waals surface area contributed by atoms with Crippen molar-refractivity contribution in [2.24, 2.45) is 0 Å². The molecule has 0 spiro atoms. The van der Waals surface area contributed by atoms with Crippen LogP contribution < -0.4 is 5.32 Å². The molecule has 102 valence electrons. The van der Waals surface area contributed by atoms with Crippen LogP contribution in [0.1, 0.15) is 11.1 Å². The molecular formula is C16H14BrClN2. The number of fused-ring (bicyclic) bond motifs is 1. The maximum absolute atomic E-state index is 5.99. The number of hydrogen-bond donors (Lipinski definition) is 2. The highest BCUT2D eigenvalue weighted by atomic mass is 79.9. The van der Waals surface area contributed by atoms with Crippen molar-refractivity contribution in [1.29, 1.82) is 0 Å². The van der Waals surface area contributed by atoms with Crippen molar-refractivity contribution in [2.45, 2.75) is 13.5 Å². The van der Waals surface area contributed by atoms with Gasteiger partial charge in [-0.3, -0.25) is 0 Å². The van der Waals surface area contributed by atoms with Crippen LogP contribution in [-0.2, 0) is 6.54 Å². The van der Waals surface area contributed by atoms with Gasteiger partial charge in [-0.15, -0.1) is 0 Å².